The fraction of sp³-hybridized carbons (Fsp3) is 0. The Kier molecular flexibility index (Phi) is 3.18. The van der Waals surface area contributed by atoms with Crippen LogP contribution in [0.4, 0.5) is 10.1 Å². The van der Waals surface area contributed by atoms with Crippen LogP contribution in [0.1, 0.15) is 0 Å². The Morgan fingerprint density at radius 2 is 1.82 bits per heavy atom. The van der Waals surface area contributed by atoms with Gasteiger partial charge in [-0.1, -0.05) is 18.2 Å². The Hall–Kier alpha value is -2.74. The zero-order valence-corrected chi connectivity index (χ0v) is 11.8. The highest BCUT2D eigenvalue weighted by Crippen LogP contribution is 2.26. The predicted molar refractivity (Wildman–Crippen MR) is 77.6 cm³/mol. The van der Waals surface area contributed by atoms with Gasteiger partial charge in [0.25, 0.3) is 10.0 Å². The molecule has 0 atom stereocenters. The lowest BCUT2D eigenvalue weighted by molar-refractivity contribution is -0.387. The van der Waals surface area contributed by atoms with Crippen molar-refractivity contribution < 1.29 is 17.7 Å². The number of hydrogen-bond donors (Lipinski definition) is 0. The first-order chi connectivity index (χ1) is 10.4. The van der Waals surface area contributed by atoms with E-state index < -0.39 is 26.5 Å². The summed E-state index contributed by atoms with van der Waals surface area (Å²) >= 11 is 0. The predicted octanol–water partition coefficient (Wildman–Crippen LogP) is 2.93. The molecular weight excluding hydrogens is 311 g/mol. The quantitative estimate of drug-likeness (QED) is 0.549. The first kappa shape index (κ1) is 14.2. The molecule has 0 radical (unpaired) electrons. The number of fused-ring (bicyclic) bond motifs is 1. The van der Waals surface area contributed by atoms with Crippen molar-refractivity contribution in [2.45, 2.75) is 4.90 Å². The number of rotatable bonds is 3. The van der Waals surface area contributed by atoms with Crippen LogP contribution >= 0.6 is 0 Å². The van der Waals surface area contributed by atoms with E-state index >= 15 is 0 Å². The highest BCUT2D eigenvalue weighted by molar-refractivity contribution is 7.90. The number of hydrogen-bond acceptors (Lipinski definition) is 4. The molecular formula is C14H9FN2O4S. The summed E-state index contributed by atoms with van der Waals surface area (Å²) in [6, 6.07) is 10.9. The lowest BCUT2D eigenvalue weighted by Gasteiger charge is -2.07. The summed E-state index contributed by atoms with van der Waals surface area (Å²) in [4.78, 5) is 9.46. The van der Waals surface area contributed by atoms with Gasteiger partial charge in [0, 0.05) is 17.6 Å². The van der Waals surface area contributed by atoms with E-state index in [-0.39, 0.29) is 4.90 Å². The Bertz CT molecular complexity index is 995. The number of nitro groups is 1. The van der Waals surface area contributed by atoms with Gasteiger partial charge < -0.3 is 0 Å². The van der Waals surface area contributed by atoms with Crippen molar-refractivity contribution in [2.75, 3.05) is 0 Å². The average Bonchev–Trinajstić information content (AvgIpc) is 2.91. The van der Waals surface area contributed by atoms with Gasteiger partial charge in [0.15, 0.2) is 0 Å². The van der Waals surface area contributed by atoms with E-state index in [4.69, 9.17) is 0 Å². The molecule has 0 fully saturated rings. The fourth-order valence-electron chi connectivity index (χ4n) is 2.17. The maximum atomic E-state index is 13.4. The minimum absolute atomic E-state index is 0.345. The lowest BCUT2D eigenvalue weighted by atomic mass is 10.3. The molecule has 22 heavy (non-hydrogen) atoms. The molecule has 3 aromatic rings. The highest BCUT2D eigenvalue weighted by Gasteiger charge is 2.23. The van der Waals surface area contributed by atoms with Crippen molar-refractivity contribution in [1.82, 2.24) is 3.97 Å². The van der Waals surface area contributed by atoms with Gasteiger partial charge in [0.1, 0.15) is 0 Å². The molecule has 0 bridgehead atoms. The van der Waals surface area contributed by atoms with Crippen molar-refractivity contribution in [3.05, 3.63) is 70.7 Å². The number of benzene rings is 2. The van der Waals surface area contributed by atoms with Crippen LogP contribution in [0, 0.1) is 15.9 Å². The van der Waals surface area contributed by atoms with Crippen molar-refractivity contribution in [2.24, 2.45) is 0 Å². The summed E-state index contributed by atoms with van der Waals surface area (Å²) < 4.78 is 39.6. The van der Waals surface area contributed by atoms with Crippen molar-refractivity contribution in [1.29, 1.82) is 0 Å². The fourth-order valence-corrected chi connectivity index (χ4v) is 3.55. The van der Waals surface area contributed by atoms with Gasteiger partial charge in [-0.3, -0.25) is 10.1 Å². The van der Waals surface area contributed by atoms with Crippen LogP contribution < -0.4 is 0 Å². The third-order valence-corrected chi connectivity index (χ3v) is 4.92. The summed E-state index contributed by atoms with van der Waals surface area (Å²) in [6.45, 7) is 0. The molecule has 8 heteroatoms. The van der Waals surface area contributed by atoms with Crippen molar-refractivity contribution in [3.63, 3.8) is 0 Å². The molecule has 0 aliphatic rings. The van der Waals surface area contributed by atoms with Crippen LogP contribution in [0.3, 0.4) is 0 Å². The van der Waals surface area contributed by atoms with E-state index in [1.54, 1.807) is 30.3 Å². The number of halogens is 1. The van der Waals surface area contributed by atoms with Crippen LogP contribution in [-0.2, 0) is 10.0 Å². The number of nitrogens with zero attached hydrogens (tertiary/aromatic N) is 2. The van der Waals surface area contributed by atoms with Gasteiger partial charge in [-0.25, -0.2) is 12.4 Å². The second kappa shape index (κ2) is 4.92. The zero-order chi connectivity index (χ0) is 15.9. The molecule has 0 spiro atoms. The highest BCUT2D eigenvalue weighted by atomic mass is 32.2. The van der Waals surface area contributed by atoms with E-state index in [1.807, 2.05) is 0 Å². The van der Waals surface area contributed by atoms with Crippen molar-refractivity contribution >= 4 is 26.6 Å². The Morgan fingerprint density at radius 3 is 2.55 bits per heavy atom. The van der Waals surface area contributed by atoms with Crippen LogP contribution in [-0.4, -0.2) is 17.3 Å². The molecule has 0 saturated carbocycles. The molecule has 0 aliphatic carbocycles. The van der Waals surface area contributed by atoms with E-state index in [0.717, 1.165) is 22.2 Å². The third-order valence-electron chi connectivity index (χ3n) is 3.23. The van der Waals surface area contributed by atoms with Gasteiger partial charge in [-0.2, -0.15) is 4.39 Å². The number of para-hydroxylation sites is 1. The maximum Gasteiger partial charge on any atom is 0.306 e. The minimum atomic E-state index is -4.05. The normalized spacial score (nSPS) is 11.7. The smallest absolute Gasteiger partial charge is 0.258 e. The lowest BCUT2D eigenvalue weighted by Crippen LogP contribution is -2.12. The Balaban J connectivity index is 2.22. The second-order valence-electron chi connectivity index (χ2n) is 4.55. The number of aromatic nitrogens is 1. The van der Waals surface area contributed by atoms with E-state index in [1.165, 1.54) is 6.20 Å². The Labute approximate surface area is 124 Å². The molecule has 1 aromatic heterocycles. The topological polar surface area (TPSA) is 82.2 Å². The van der Waals surface area contributed by atoms with Gasteiger partial charge >= 0.3 is 5.69 Å². The molecule has 0 amide bonds. The third kappa shape index (κ3) is 2.13. The molecule has 1 heterocycles. The standard InChI is InChI=1S/C14H9FN2O4S/c15-12-6-5-11(9-14(12)17(18)19)22(20,21)16-8-7-10-3-1-2-4-13(10)16/h1-9H. The Morgan fingerprint density at radius 1 is 1.09 bits per heavy atom. The number of nitro benzene ring substituents is 1. The SMILES string of the molecule is O=[N+]([O-])c1cc(S(=O)(=O)n2ccc3ccccc32)ccc1F. The van der Waals surface area contributed by atoms with E-state index in [9.17, 15) is 22.9 Å². The molecule has 0 unspecified atom stereocenters. The maximum absolute atomic E-state index is 13.4. The van der Waals surface area contributed by atoms with Crippen molar-refractivity contribution in [3.8, 4) is 0 Å². The van der Waals surface area contributed by atoms with Crippen LogP contribution in [0.25, 0.3) is 10.9 Å². The first-order valence-electron chi connectivity index (χ1n) is 6.17. The van der Waals surface area contributed by atoms with Crippen LogP contribution in [0.15, 0.2) is 59.6 Å². The summed E-state index contributed by atoms with van der Waals surface area (Å²) in [7, 11) is -4.05. The molecule has 6 nitrogen and oxygen atoms in total. The van der Waals surface area contributed by atoms with Gasteiger partial charge in [0.05, 0.1) is 15.3 Å². The summed E-state index contributed by atoms with van der Waals surface area (Å²) in [5.74, 6) is -1.08. The molecule has 0 aliphatic heterocycles. The van der Waals surface area contributed by atoms with Crippen LogP contribution in [0.2, 0.25) is 0 Å². The van der Waals surface area contributed by atoms with Gasteiger partial charge in [0.2, 0.25) is 5.82 Å². The molecule has 2 aromatic carbocycles. The summed E-state index contributed by atoms with van der Waals surface area (Å²) in [5, 5.41) is 11.5. The van der Waals surface area contributed by atoms with Gasteiger partial charge in [-0.05, 0) is 24.3 Å². The van der Waals surface area contributed by atoms with Crippen LogP contribution in [0.5, 0.6) is 0 Å². The van der Waals surface area contributed by atoms with E-state index in [2.05, 4.69) is 0 Å². The molecule has 3 rings (SSSR count). The monoisotopic (exact) mass is 320 g/mol. The summed E-state index contributed by atoms with van der Waals surface area (Å²) in [5.41, 5.74) is -0.438. The molecule has 0 saturated heterocycles. The molecule has 0 N–H and O–H groups in total. The van der Waals surface area contributed by atoms with Gasteiger partial charge in [-0.15, -0.1) is 0 Å². The zero-order valence-electron chi connectivity index (χ0n) is 11.0. The molecule has 112 valence electrons. The second-order valence-corrected chi connectivity index (χ2v) is 6.36. The average molecular weight is 320 g/mol. The summed E-state index contributed by atoms with van der Waals surface area (Å²) in [6.07, 6.45) is 1.36. The first-order valence-corrected chi connectivity index (χ1v) is 7.61. The minimum Gasteiger partial charge on any atom is -0.258 e. The largest absolute Gasteiger partial charge is 0.306 e. The van der Waals surface area contributed by atoms with E-state index in [0.29, 0.717) is 10.9 Å².